The maximum absolute atomic E-state index is 10.5. The van der Waals surface area contributed by atoms with Gasteiger partial charge in [0, 0.05) is 24.8 Å². The normalized spacial score (nSPS) is 16.8. The summed E-state index contributed by atoms with van der Waals surface area (Å²) < 4.78 is 0. The monoisotopic (exact) mass is 165 g/mol. The number of hydrogen-bond acceptors (Lipinski definition) is 2. The van der Waals surface area contributed by atoms with Crippen LogP contribution in [-0.4, -0.2) is 28.1 Å². The SMILES string of the molecule is O=CN1CCCc2n[nH]cc2C1. The third-order valence-electron chi connectivity index (χ3n) is 2.19. The highest BCUT2D eigenvalue weighted by Gasteiger charge is 2.13. The number of H-pyrrole nitrogens is 1. The van der Waals surface area contributed by atoms with Crippen molar-refractivity contribution in [1.29, 1.82) is 0 Å². The largest absolute Gasteiger partial charge is 0.341 e. The minimum absolute atomic E-state index is 0.704. The molecule has 1 amide bonds. The molecule has 64 valence electrons. The summed E-state index contributed by atoms with van der Waals surface area (Å²) in [4.78, 5) is 12.3. The van der Waals surface area contributed by atoms with Gasteiger partial charge in [-0.1, -0.05) is 0 Å². The number of rotatable bonds is 1. The van der Waals surface area contributed by atoms with Crippen LogP contribution in [0.15, 0.2) is 6.20 Å². The van der Waals surface area contributed by atoms with Crippen molar-refractivity contribution in [3.05, 3.63) is 17.5 Å². The average Bonchev–Trinajstić information content (AvgIpc) is 2.43. The van der Waals surface area contributed by atoms with Gasteiger partial charge < -0.3 is 4.90 Å². The van der Waals surface area contributed by atoms with E-state index in [4.69, 9.17) is 0 Å². The summed E-state index contributed by atoms with van der Waals surface area (Å²) in [6.07, 6.45) is 4.76. The second-order valence-corrected chi connectivity index (χ2v) is 3.04. The lowest BCUT2D eigenvalue weighted by Gasteiger charge is -2.12. The highest BCUT2D eigenvalue weighted by Crippen LogP contribution is 2.14. The Morgan fingerprint density at radius 1 is 1.67 bits per heavy atom. The van der Waals surface area contributed by atoms with E-state index < -0.39 is 0 Å². The van der Waals surface area contributed by atoms with Gasteiger partial charge in [0.15, 0.2) is 0 Å². The Kier molecular flexibility index (Phi) is 1.81. The fourth-order valence-electron chi connectivity index (χ4n) is 1.53. The van der Waals surface area contributed by atoms with Gasteiger partial charge in [-0.2, -0.15) is 5.10 Å². The van der Waals surface area contributed by atoms with Crippen LogP contribution >= 0.6 is 0 Å². The topological polar surface area (TPSA) is 49.0 Å². The smallest absolute Gasteiger partial charge is 0.210 e. The van der Waals surface area contributed by atoms with Gasteiger partial charge in [0.25, 0.3) is 0 Å². The first-order chi connectivity index (χ1) is 5.90. The second kappa shape index (κ2) is 2.97. The molecule has 0 saturated carbocycles. The van der Waals surface area contributed by atoms with Gasteiger partial charge in [0.05, 0.1) is 5.69 Å². The Bertz CT molecular complexity index is 282. The van der Waals surface area contributed by atoms with Gasteiger partial charge >= 0.3 is 0 Å². The zero-order chi connectivity index (χ0) is 8.39. The molecule has 4 nitrogen and oxygen atoms in total. The molecule has 0 spiro atoms. The molecule has 4 heteroatoms. The molecule has 0 atom stereocenters. The first-order valence-corrected chi connectivity index (χ1v) is 4.11. The molecule has 1 aromatic rings. The van der Waals surface area contributed by atoms with Crippen molar-refractivity contribution in [3.8, 4) is 0 Å². The van der Waals surface area contributed by atoms with Crippen LogP contribution in [0.3, 0.4) is 0 Å². The highest BCUT2D eigenvalue weighted by atomic mass is 16.1. The van der Waals surface area contributed by atoms with E-state index in [9.17, 15) is 4.79 Å². The average molecular weight is 165 g/mol. The summed E-state index contributed by atoms with van der Waals surface area (Å²) in [5, 5.41) is 6.94. The third kappa shape index (κ3) is 1.20. The molecule has 0 unspecified atom stereocenters. The number of amides is 1. The number of carbonyl (C=O) groups is 1. The van der Waals surface area contributed by atoms with Crippen LogP contribution in [0.1, 0.15) is 17.7 Å². The zero-order valence-electron chi connectivity index (χ0n) is 6.79. The van der Waals surface area contributed by atoms with Crippen molar-refractivity contribution in [3.63, 3.8) is 0 Å². The first kappa shape index (κ1) is 7.34. The number of nitrogens with one attached hydrogen (secondary N) is 1. The molecule has 0 saturated heterocycles. The summed E-state index contributed by atoms with van der Waals surface area (Å²) in [6, 6.07) is 0. The summed E-state index contributed by atoms with van der Waals surface area (Å²) in [7, 11) is 0. The number of aryl methyl sites for hydroxylation is 1. The molecule has 1 aliphatic rings. The number of hydrogen-bond donors (Lipinski definition) is 1. The molecule has 1 aliphatic heterocycles. The van der Waals surface area contributed by atoms with E-state index in [1.807, 2.05) is 6.20 Å². The van der Waals surface area contributed by atoms with E-state index in [0.29, 0.717) is 6.54 Å². The Labute approximate surface area is 70.6 Å². The fourth-order valence-corrected chi connectivity index (χ4v) is 1.53. The Hall–Kier alpha value is -1.32. The van der Waals surface area contributed by atoms with Gasteiger partial charge in [-0.15, -0.1) is 0 Å². The van der Waals surface area contributed by atoms with Crippen LogP contribution < -0.4 is 0 Å². The van der Waals surface area contributed by atoms with Crippen LogP contribution in [0.25, 0.3) is 0 Å². The maximum atomic E-state index is 10.5. The lowest BCUT2D eigenvalue weighted by Crippen LogP contribution is -2.20. The van der Waals surface area contributed by atoms with Crippen LogP contribution in [0, 0.1) is 0 Å². The lowest BCUT2D eigenvalue weighted by atomic mass is 10.2. The Morgan fingerprint density at radius 3 is 3.42 bits per heavy atom. The van der Waals surface area contributed by atoms with E-state index >= 15 is 0 Å². The molecule has 2 rings (SSSR count). The molecule has 0 aromatic carbocycles. The standard InChI is InChI=1S/C8H11N3O/c12-6-11-3-1-2-8-7(5-11)4-9-10-8/h4,6H,1-3,5H2,(H,9,10). The lowest BCUT2D eigenvalue weighted by molar-refractivity contribution is -0.118. The van der Waals surface area contributed by atoms with Gasteiger partial charge in [-0.25, -0.2) is 0 Å². The van der Waals surface area contributed by atoms with E-state index in [2.05, 4.69) is 10.2 Å². The molecule has 2 heterocycles. The van der Waals surface area contributed by atoms with Gasteiger partial charge in [0.2, 0.25) is 6.41 Å². The Balaban J connectivity index is 2.23. The molecule has 12 heavy (non-hydrogen) atoms. The van der Waals surface area contributed by atoms with Gasteiger partial charge in [0.1, 0.15) is 0 Å². The van der Waals surface area contributed by atoms with E-state index in [-0.39, 0.29) is 0 Å². The van der Waals surface area contributed by atoms with Crippen molar-refractivity contribution >= 4 is 6.41 Å². The van der Waals surface area contributed by atoms with E-state index in [1.54, 1.807) is 4.90 Å². The molecule has 0 radical (unpaired) electrons. The molecule has 0 aliphatic carbocycles. The molecule has 1 N–H and O–H groups in total. The Morgan fingerprint density at radius 2 is 2.58 bits per heavy atom. The van der Waals surface area contributed by atoms with Crippen LogP contribution in [-0.2, 0) is 17.8 Å². The number of nitrogens with zero attached hydrogens (tertiary/aromatic N) is 2. The van der Waals surface area contributed by atoms with Crippen LogP contribution in [0.4, 0.5) is 0 Å². The summed E-state index contributed by atoms with van der Waals surface area (Å²) >= 11 is 0. The van der Waals surface area contributed by atoms with E-state index in [1.165, 1.54) is 0 Å². The summed E-state index contributed by atoms with van der Waals surface area (Å²) in [5.74, 6) is 0. The first-order valence-electron chi connectivity index (χ1n) is 4.11. The number of aromatic nitrogens is 2. The summed E-state index contributed by atoms with van der Waals surface area (Å²) in [5.41, 5.74) is 2.26. The predicted molar refractivity (Wildman–Crippen MR) is 43.4 cm³/mol. The molecule has 1 aromatic heterocycles. The van der Waals surface area contributed by atoms with E-state index in [0.717, 1.165) is 37.1 Å². The van der Waals surface area contributed by atoms with Crippen molar-refractivity contribution < 1.29 is 4.79 Å². The van der Waals surface area contributed by atoms with Gasteiger partial charge in [-0.05, 0) is 12.8 Å². The minimum Gasteiger partial charge on any atom is -0.341 e. The highest BCUT2D eigenvalue weighted by molar-refractivity contribution is 5.47. The number of aromatic amines is 1. The minimum atomic E-state index is 0.704. The molecular weight excluding hydrogens is 154 g/mol. The van der Waals surface area contributed by atoms with Crippen molar-refractivity contribution in [2.24, 2.45) is 0 Å². The summed E-state index contributed by atoms with van der Waals surface area (Å²) in [6.45, 7) is 1.55. The van der Waals surface area contributed by atoms with Crippen molar-refractivity contribution in [2.75, 3.05) is 6.54 Å². The quantitative estimate of drug-likeness (QED) is 0.609. The molecule has 0 fully saturated rings. The predicted octanol–water partition coefficient (Wildman–Crippen LogP) is 0.314. The van der Waals surface area contributed by atoms with Crippen molar-refractivity contribution in [1.82, 2.24) is 15.1 Å². The number of carbonyl (C=O) groups excluding carboxylic acids is 1. The third-order valence-corrected chi connectivity index (χ3v) is 2.19. The van der Waals surface area contributed by atoms with Gasteiger partial charge in [-0.3, -0.25) is 9.89 Å². The number of fused-ring (bicyclic) bond motifs is 1. The zero-order valence-corrected chi connectivity index (χ0v) is 6.79. The fraction of sp³-hybridized carbons (Fsp3) is 0.500. The second-order valence-electron chi connectivity index (χ2n) is 3.04. The van der Waals surface area contributed by atoms with Crippen molar-refractivity contribution in [2.45, 2.75) is 19.4 Å². The van der Waals surface area contributed by atoms with Crippen LogP contribution in [0.5, 0.6) is 0 Å². The molecular formula is C8H11N3O. The maximum Gasteiger partial charge on any atom is 0.210 e. The molecule has 0 bridgehead atoms. The van der Waals surface area contributed by atoms with Crippen LogP contribution in [0.2, 0.25) is 0 Å².